The first-order valence-corrected chi connectivity index (χ1v) is 7.67. The molecule has 0 aliphatic carbocycles. The number of hydrogen-bond acceptors (Lipinski definition) is 6. The van der Waals surface area contributed by atoms with Crippen molar-refractivity contribution >= 4 is 16.7 Å². The molecule has 1 atom stereocenters. The lowest BCUT2D eigenvalue weighted by atomic mass is 10.1. The second kappa shape index (κ2) is 6.30. The number of phenols is 1. The van der Waals surface area contributed by atoms with Gasteiger partial charge in [-0.05, 0) is 48.9 Å². The highest BCUT2D eigenvalue weighted by molar-refractivity contribution is 5.98. The van der Waals surface area contributed by atoms with E-state index in [4.69, 9.17) is 14.2 Å². The summed E-state index contributed by atoms with van der Waals surface area (Å²) in [6.07, 6.45) is -0.124. The maximum absolute atomic E-state index is 11.7. The Hall–Kier alpha value is -2.31. The molecule has 6 nitrogen and oxygen atoms in total. The summed E-state index contributed by atoms with van der Waals surface area (Å²) in [7, 11) is 1.27. The normalized spacial score (nSPS) is 19.4. The van der Waals surface area contributed by atoms with Crippen molar-refractivity contribution in [3.05, 3.63) is 35.9 Å². The van der Waals surface area contributed by atoms with E-state index in [0.29, 0.717) is 19.0 Å². The number of esters is 1. The van der Waals surface area contributed by atoms with E-state index in [-0.39, 0.29) is 17.4 Å². The van der Waals surface area contributed by atoms with Crippen LogP contribution in [0.4, 0.5) is 0 Å². The summed E-state index contributed by atoms with van der Waals surface area (Å²) in [5.74, 6) is -0.622. The Morgan fingerprint density at radius 2 is 2.08 bits per heavy atom. The Kier molecular flexibility index (Phi) is 4.34. The van der Waals surface area contributed by atoms with Crippen molar-refractivity contribution in [3.63, 3.8) is 0 Å². The standard InChI is InChI=1S/C18H20O6/c1-18(2)23-10-14(24-18)9-22-13-5-4-11-8-16(19)15(17(20)21-3)7-12(11)6-13/h4-8,14,19H,9-10H2,1-3H3. The highest BCUT2D eigenvalue weighted by atomic mass is 16.7. The molecule has 0 bridgehead atoms. The summed E-state index contributed by atoms with van der Waals surface area (Å²) >= 11 is 0. The molecular weight excluding hydrogens is 312 g/mol. The summed E-state index contributed by atoms with van der Waals surface area (Å²) in [5.41, 5.74) is 0.122. The molecule has 1 heterocycles. The Labute approximate surface area is 139 Å². The first-order valence-electron chi connectivity index (χ1n) is 7.67. The van der Waals surface area contributed by atoms with Crippen LogP contribution in [0.3, 0.4) is 0 Å². The largest absolute Gasteiger partial charge is 0.507 e. The van der Waals surface area contributed by atoms with Gasteiger partial charge in [-0.15, -0.1) is 0 Å². The molecule has 0 radical (unpaired) electrons. The fourth-order valence-corrected chi connectivity index (χ4v) is 2.66. The van der Waals surface area contributed by atoms with Crippen molar-refractivity contribution in [1.82, 2.24) is 0 Å². The van der Waals surface area contributed by atoms with Gasteiger partial charge in [-0.25, -0.2) is 4.79 Å². The number of rotatable bonds is 4. The van der Waals surface area contributed by atoms with E-state index in [1.165, 1.54) is 13.2 Å². The average molecular weight is 332 g/mol. The van der Waals surface area contributed by atoms with Crippen molar-refractivity contribution in [1.29, 1.82) is 0 Å². The number of hydrogen-bond donors (Lipinski definition) is 1. The van der Waals surface area contributed by atoms with E-state index in [2.05, 4.69) is 4.74 Å². The highest BCUT2D eigenvalue weighted by Crippen LogP contribution is 2.29. The van der Waals surface area contributed by atoms with Crippen LogP contribution in [0, 0.1) is 0 Å². The van der Waals surface area contributed by atoms with Gasteiger partial charge in [0, 0.05) is 0 Å². The van der Waals surface area contributed by atoms with Crippen LogP contribution in [0.1, 0.15) is 24.2 Å². The molecule has 1 saturated heterocycles. The summed E-state index contributed by atoms with van der Waals surface area (Å²) in [6, 6.07) is 8.55. The molecule has 0 spiro atoms. The topological polar surface area (TPSA) is 74.2 Å². The first-order chi connectivity index (χ1) is 11.4. The minimum Gasteiger partial charge on any atom is -0.507 e. The third-order valence-corrected chi connectivity index (χ3v) is 3.83. The van der Waals surface area contributed by atoms with Crippen molar-refractivity contribution in [2.75, 3.05) is 20.3 Å². The second-order valence-corrected chi connectivity index (χ2v) is 6.13. The molecule has 1 fully saturated rings. The number of phenolic OH excluding ortho intramolecular Hbond substituents is 1. The molecule has 128 valence electrons. The number of aromatic hydroxyl groups is 1. The number of carbonyl (C=O) groups is 1. The monoisotopic (exact) mass is 332 g/mol. The molecular formula is C18H20O6. The van der Waals surface area contributed by atoms with Gasteiger partial charge in [0.25, 0.3) is 0 Å². The molecule has 0 amide bonds. The van der Waals surface area contributed by atoms with Gasteiger partial charge in [-0.3, -0.25) is 0 Å². The van der Waals surface area contributed by atoms with Crippen molar-refractivity contribution in [3.8, 4) is 11.5 Å². The molecule has 1 aliphatic rings. The molecule has 0 aromatic heterocycles. The number of fused-ring (bicyclic) bond motifs is 1. The second-order valence-electron chi connectivity index (χ2n) is 6.13. The molecule has 1 unspecified atom stereocenters. The van der Waals surface area contributed by atoms with E-state index in [1.807, 2.05) is 26.0 Å². The molecule has 2 aromatic rings. The summed E-state index contributed by atoms with van der Waals surface area (Å²) in [4.78, 5) is 11.7. The smallest absolute Gasteiger partial charge is 0.341 e. The van der Waals surface area contributed by atoms with Gasteiger partial charge >= 0.3 is 5.97 Å². The molecule has 3 rings (SSSR count). The van der Waals surface area contributed by atoms with E-state index in [1.54, 1.807) is 12.1 Å². The van der Waals surface area contributed by atoms with Crippen molar-refractivity contribution < 1.29 is 28.8 Å². The lowest BCUT2D eigenvalue weighted by molar-refractivity contribution is -0.141. The SMILES string of the molecule is COC(=O)c1cc2cc(OCC3COC(C)(C)O3)ccc2cc1O. The zero-order valence-electron chi connectivity index (χ0n) is 13.9. The molecule has 24 heavy (non-hydrogen) atoms. The van der Waals surface area contributed by atoms with E-state index >= 15 is 0 Å². The molecule has 6 heteroatoms. The Morgan fingerprint density at radius 3 is 2.75 bits per heavy atom. The van der Waals surface area contributed by atoms with Gasteiger partial charge < -0.3 is 24.1 Å². The van der Waals surface area contributed by atoms with Gasteiger partial charge in [0.15, 0.2) is 5.79 Å². The van der Waals surface area contributed by atoms with Crippen molar-refractivity contribution in [2.24, 2.45) is 0 Å². The Balaban J connectivity index is 1.77. The Bertz CT molecular complexity index is 767. The number of methoxy groups -OCH3 is 1. The van der Waals surface area contributed by atoms with Gasteiger partial charge in [0.2, 0.25) is 0 Å². The molecule has 1 aliphatic heterocycles. The lowest BCUT2D eigenvalue weighted by Gasteiger charge is -2.17. The third-order valence-electron chi connectivity index (χ3n) is 3.83. The van der Waals surface area contributed by atoms with E-state index < -0.39 is 11.8 Å². The summed E-state index contributed by atoms with van der Waals surface area (Å²) in [6.45, 7) is 4.59. The van der Waals surface area contributed by atoms with Crippen LogP contribution in [0.5, 0.6) is 11.5 Å². The zero-order valence-corrected chi connectivity index (χ0v) is 13.9. The molecule has 2 aromatic carbocycles. The predicted molar refractivity (Wildman–Crippen MR) is 87.4 cm³/mol. The quantitative estimate of drug-likeness (QED) is 0.868. The van der Waals surface area contributed by atoms with Crippen LogP contribution in [-0.4, -0.2) is 43.3 Å². The maximum Gasteiger partial charge on any atom is 0.341 e. The maximum atomic E-state index is 11.7. The minimum absolute atomic E-state index is 0.109. The Morgan fingerprint density at radius 1 is 1.29 bits per heavy atom. The highest BCUT2D eigenvalue weighted by Gasteiger charge is 2.32. The third kappa shape index (κ3) is 3.44. The zero-order chi connectivity index (χ0) is 17.3. The fraction of sp³-hybridized carbons (Fsp3) is 0.389. The van der Waals surface area contributed by atoms with Crippen LogP contribution >= 0.6 is 0 Å². The number of ether oxygens (including phenoxy) is 4. The summed E-state index contributed by atoms with van der Waals surface area (Å²) in [5, 5.41) is 11.5. The molecule has 1 N–H and O–H groups in total. The number of benzene rings is 2. The van der Waals surface area contributed by atoms with E-state index in [0.717, 1.165) is 10.8 Å². The van der Waals surface area contributed by atoms with Crippen LogP contribution in [0.15, 0.2) is 30.3 Å². The summed E-state index contributed by atoms with van der Waals surface area (Å²) < 4.78 is 21.6. The average Bonchev–Trinajstić information content (AvgIpc) is 2.90. The lowest BCUT2D eigenvalue weighted by Crippen LogP contribution is -2.25. The van der Waals surface area contributed by atoms with Crippen LogP contribution < -0.4 is 4.74 Å². The van der Waals surface area contributed by atoms with Gasteiger partial charge in [0.1, 0.15) is 29.8 Å². The van der Waals surface area contributed by atoms with Gasteiger partial charge in [0.05, 0.1) is 13.7 Å². The van der Waals surface area contributed by atoms with Crippen LogP contribution in [-0.2, 0) is 14.2 Å². The predicted octanol–water partition coefficient (Wildman–Crippen LogP) is 2.86. The van der Waals surface area contributed by atoms with Gasteiger partial charge in [-0.1, -0.05) is 6.07 Å². The molecule has 0 saturated carbocycles. The first kappa shape index (κ1) is 16.5. The van der Waals surface area contributed by atoms with E-state index in [9.17, 15) is 9.90 Å². The van der Waals surface area contributed by atoms with Crippen molar-refractivity contribution in [2.45, 2.75) is 25.7 Å². The van der Waals surface area contributed by atoms with Gasteiger partial charge in [-0.2, -0.15) is 0 Å². The fourth-order valence-electron chi connectivity index (χ4n) is 2.66. The van der Waals surface area contributed by atoms with Crippen LogP contribution in [0.2, 0.25) is 0 Å². The number of carbonyl (C=O) groups excluding carboxylic acids is 1. The minimum atomic E-state index is -0.584. The van der Waals surface area contributed by atoms with Crippen LogP contribution in [0.25, 0.3) is 10.8 Å².